The SMILES string of the molecule is CCCn1cc(N)c(=O)n(CCC(C)(C)O)c1=O. The quantitative estimate of drug-likeness (QED) is 0.784. The molecule has 6 nitrogen and oxygen atoms in total. The molecular formula is C12H21N3O3. The first-order chi connectivity index (χ1) is 8.26. The number of anilines is 1. The normalized spacial score (nSPS) is 11.8. The number of aryl methyl sites for hydroxylation is 1. The Hall–Kier alpha value is -1.56. The van der Waals surface area contributed by atoms with Crippen LogP contribution in [0.4, 0.5) is 5.69 Å². The number of hydrogen-bond donors (Lipinski definition) is 2. The highest BCUT2D eigenvalue weighted by molar-refractivity contribution is 5.30. The van der Waals surface area contributed by atoms with E-state index in [0.717, 1.165) is 11.0 Å². The van der Waals surface area contributed by atoms with Crippen molar-refractivity contribution >= 4 is 5.69 Å². The van der Waals surface area contributed by atoms with Gasteiger partial charge >= 0.3 is 5.69 Å². The van der Waals surface area contributed by atoms with Crippen LogP contribution in [0.1, 0.15) is 33.6 Å². The number of nitrogens with two attached hydrogens (primary N) is 1. The minimum Gasteiger partial charge on any atom is -0.393 e. The minimum atomic E-state index is -0.925. The van der Waals surface area contributed by atoms with Crippen molar-refractivity contribution in [1.82, 2.24) is 9.13 Å². The zero-order valence-electron chi connectivity index (χ0n) is 11.1. The molecule has 102 valence electrons. The molecule has 1 aromatic rings. The molecule has 0 unspecified atom stereocenters. The predicted molar refractivity (Wildman–Crippen MR) is 70.6 cm³/mol. The Bertz CT molecular complexity index is 523. The number of nitrogen functional groups attached to an aromatic ring is 1. The van der Waals surface area contributed by atoms with E-state index in [0.29, 0.717) is 13.0 Å². The van der Waals surface area contributed by atoms with Crippen molar-refractivity contribution in [3.63, 3.8) is 0 Å². The van der Waals surface area contributed by atoms with Gasteiger partial charge in [-0.3, -0.25) is 13.9 Å². The summed E-state index contributed by atoms with van der Waals surface area (Å²) in [6.07, 6.45) is 2.48. The van der Waals surface area contributed by atoms with Crippen LogP contribution in [-0.4, -0.2) is 19.8 Å². The highest BCUT2D eigenvalue weighted by Gasteiger charge is 2.15. The van der Waals surface area contributed by atoms with Gasteiger partial charge in [-0.2, -0.15) is 0 Å². The van der Waals surface area contributed by atoms with Gasteiger partial charge in [0.2, 0.25) is 0 Å². The van der Waals surface area contributed by atoms with Crippen LogP contribution in [0.5, 0.6) is 0 Å². The van der Waals surface area contributed by atoms with Gasteiger partial charge in [0.1, 0.15) is 5.69 Å². The van der Waals surface area contributed by atoms with Crippen molar-refractivity contribution in [2.24, 2.45) is 0 Å². The van der Waals surface area contributed by atoms with Gasteiger partial charge in [-0.05, 0) is 26.7 Å². The number of aliphatic hydroxyl groups is 1. The molecule has 0 aromatic carbocycles. The molecule has 0 radical (unpaired) electrons. The molecule has 0 spiro atoms. The lowest BCUT2D eigenvalue weighted by atomic mass is 10.1. The van der Waals surface area contributed by atoms with E-state index in [1.165, 1.54) is 10.8 Å². The van der Waals surface area contributed by atoms with Crippen molar-refractivity contribution in [2.75, 3.05) is 5.73 Å². The van der Waals surface area contributed by atoms with Crippen LogP contribution >= 0.6 is 0 Å². The van der Waals surface area contributed by atoms with E-state index in [9.17, 15) is 14.7 Å². The summed E-state index contributed by atoms with van der Waals surface area (Å²) in [4.78, 5) is 23.8. The highest BCUT2D eigenvalue weighted by atomic mass is 16.3. The van der Waals surface area contributed by atoms with Gasteiger partial charge in [0.15, 0.2) is 0 Å². The average Bonchev–Trinajstić information content (AvgIpc) is 2.24. The van der Waals surface area contributed by atoms with Crippen LogP contribution in [0.25, 0.3) is 0 Å². The van der Waals surface area contributed by atoms with Gasteiger partial charge in [-0.25, -0.2) is 4.79 Å². The Morgan fingerprint density at radius 2 is 1.94 bits per heavy atom. The molecule has 6 heteroatoms. The Balaban J connectivity index is 3.17. The van der Waals surface area contributed by atoms with E-state index in [2.05, 4.69) is 0 Å². The summed E-state index contributed by atoms with van der Waals surface area (Å²) >= 11 is 0. The van der Waals surface area contributed by atoms with Crippen LogP contribution in [0.15, 0.2) is 15.8 Å². The van der Waals surface area contributed by atoms with E-state index in [1.54, 1.807) is 13.8 Å². The third kappa shape index (κ3) is 3.46. The summed E-state index contributed by atoms with van der Waals surface area (Å²) in [5.41, 5.74) is 3.87. The summed E-state index contributed by atoms with van der Waals surface area (Å²) in [5, 5.41) is 9.65. The van der Waals surface area contributed by atoms with Gasteiger partial charge in [0.25, 0.3) is 5.56 Å². The lowest BCUT2D eigenvalue weighted by Gasteiger charge is -2.18. The Morgan fingerprint density at radius 3 is 2.44 bits per heavy atom. The first-order valence-electron chi connectivity index (χ1n) is 6.08. The molecule has 3 N–H and O–H groups in total. The van der Waals surface area contributed by atoms with Gasteiger partial charge in [-0.1, -0.05) is 6.92 Å². The van der Waals surface area contributed by atoms with Crippen molar-refractivity contribution in [3.05, 3.63) is 27.0 Å². The molecule has 0 aliphatic carbocycles. The maximum absolute atomic E-state index is 12.0. The van der Waals surface area contributed by atoms with Gasteiger partial charge < -0.3 is 10.8 Å². The fourth-order valence-electron chi connectivity index (χ4n) is 1.66. The first-order valence-corrected chi connectivity index (χ1v) is 6.08. The van der Waals surface area contributed by atoms with Crippen molar-refractivity contribution in [2.45, 2.75) is 52.3 Å². The van der Waals surface area contributed by atoms with Crippen LogP contribution in [-0.2, 0) is 13.1 Å². The van der Waals surface area contributed by atoms with Crippen LogP contribution in [0.2, 0.25) is 0 Å². The molecule has 1 heterocycles. The zero-order valence-corrected chi connectivity index (χ0v) is 11.1. The Kier molecular flexibility index (Phi) is 4.34. The van der Waals surface area contributed by atoms with E-state index in [-0.39, 0.29) is 17.9 Å². The summed E-state index contributed by atoms with van der Waals surface area (Å²) in [5.74, 6) is 0. The van der Waals surface area contributed by atoms with Gasteiger partial charge in [0.05, 0.1) is 5.60 Å². The fourth-order valence-corrected chi connectivity index (χ4v) is 1.66. The Morgan fingerprint density at radius 1 is 1.33 bits per heavy atom. The van der Waals surface area contributed by atoms with Crippen LogP contribution in [0.3, 0.4) is 0 Å². The summed E-state index contributed by atoms with van der Waals surface area (Å²) in [7, 11) is 0. The average molecular weight is 255 g/mol. The topological polar surface area (TPSA) is 90.2 Å². The third-order valence-corrected chi connectivity index (χ3v) is 2.68. The van der Waals surface area contributed by atoms with E-state index in [1.807, 2.05) is 6.92 Å². The standard InChI is InChI=1S/C12H21N3O3/c1-4-6-14-8-9(13)10(16)15(11(14)17)7-5-12(2,3)18/h8,18H,4-7,13H2,1-3H3. The molecule has 0 amide bonds. The molecule has 0 aliphatic rings. The zero-order chi connectivity index (χ0) is 13.9. The van der Waals surface area contributed by atoms with Gasteiger partial charge in [0, 0.05) is 19.3 Å². The molecule has 0 aliphatic heterocycles. The molecule has 0 bridgehead atoms. The van der Waals surface area contributed by atoms with E-state index in [4.69, 9.17) is 5.73 Å². The van der Waals surface area contributed by atoms with E-state index < -0.39 is 11.2 Å². The van der Waals surface area contributed by atoms with Crippen LogP contribution in [0, 0.1) is 0 Å². The van der Waals surface area contributed by atoms with E-state index >= 15 is 0 Å². The second-order valence-corrected chi connectivity index (χ2v) is 5.08. The maximum Gasteiger partial charge on any atom is 0.331 e. The lowest BCUT2D eigenvalue weighted by Crippen LogP contribution is -2.42. The van der Waals surface area contributed by atoms with Gasteiger partial charge in [-0.15, -0.1) is 0 Å². The molecule has 0 atom stereocenters. The minimum absolute atomic E-state index is 0.0544. The number of aromatic nitrogens is 2. The monoisotopic (exact) mass is 255 g/mol. The lowest BCUT2D eigenvalue weighted by molar-refractivity contribution is 0.0654. The molecule has 0 fully saturated rings. The summed E-state index contributed by atoms with van der Waals surface area (Å²) < 4.78 is 2.52. The first kappa shape index (κ1) is 14.5. The number of hydrogen-bond acceptors (Lipinski definition) is 4. The molecular weight excluding hydrogens is 234 g/mol. The van der Waals surface area contributed by atoms with Crippen molar-refractivity contribution in [3.8, 4) is 0 Å². The maximum atomic E-state index is 12.0. The molecule has 0 saturated carbocycles. The summed E-state index contributed by atoms with van der Waals surface area (Å²) in [6.45, 7) is 5.89. The van der Waals surface area contributed by atoms with Crippen molar-refractivity contribution < 1.29 is 5.11 Å². The summed E-state index contributed by atoms with van der Waals surface area (Å²) in [6, 6.07) is 0. The second-order valence-electron chi connectivity index (χ2n) is 5.08. The fraction of sp³-hybridized carbons (Fsp3) is 0.667. The molecule has 1 aromatic heterocycles. The smallest absolute Gasteiger partial charge is 0.331 e. The number of nitrogens with zero attached hydrogens (tertiary/aromatic N) is 2. The number of rotatable bonds is 5. The van der Waals surface area contributed by atoms with Crippen molar-refractivity contribution in [1.29, 1.82) is 0 Å². The predicted octanol–water partition coefficient (Wildman–Crippen LogP) is 0.163. The largest absolute Gasteiger partial charge is 0.393 e. The molecule has 0 saturated heterocycles. The molecule has 1 rings (SSSR count). The highest BCUT2D eigenvalue weighted by Crippen LogP contribution is 2.07. The van der Waals surface area contributed by atoms with Crippen LogP contribution < -0.4 is 17.0 Å². The third-order valence-electron chi connectivity index (χ3n) is 2.68. The second kappa shape index (κ2) is 5.39. The Labute approximate surface area is 106 Å². The molecule has 18 heavy (non-hydrogen) atoms.